The lowest BCUT2D eigenvalue weighted by Gasteiger charge is -2.17. The van der Waals surface area contributed by atoms with E-state index in [1.165, 1.54) is 0 Å². The van der Waals surface area contributed by atoms with E-state index in [4.69, 9.17) is 0 Å². The van der Waals surface area contributed by atoms with E-state index in [9.17, 15) is 45.5 Å². The molecule has 2 aliphatic rings. The highest BCUT2D eigenvalue weighted by Gasteiger charge is 2.48. The second-order valence-electron chi connectivity index (χ2n) is 10.5. The van der Waals surface area contributed by atoms with E-state index >= 15 is 35.1 Å². The summed E-state index contributed by atoms with van der Waals surface area (Å²) in [5.41, 5.74) is -10.4. The van der Waals surface area contributed by atoms with E-state index in [2.05, 4.69) is 9.47 Å². The molecule has 0 aliphatic carbocycles. The zero-order chi connectivity index (χ0) is 38.7. The quantitative estimate of drug-likeness (QED) is 0.0905. The minimum absolute atomic E-state index is 0.0911. The smallest absolute Gasteiger partial charge is 0.269 e. The van der Waals surface area contributed by atoms with Crippen molar-refractivity contribution in [1.29, 1.82) is 0 Å². The van der Waals surface area contributed by atoms with Crippen LogP contribution in [0.15, 0.2) is 0 Å². The number of carbonyl (C=O) groups is 4. The van der Waals surface area contributed by atoms with Gasteiger partial charge >= 0.3 is 0 Å². The average Bonchev–Trinajstić information content (AvgIpc) is 3.50. The summed E-state index contributed by atoms with van der Waals surface area (Å²) in [5.74, 6) is -53.6. The van der Waals surface area contributed by atoms with E-state index in [1.807, 2.05) is 0 Å². The van der Waals surface area contributed by atoms with Crippen LogP contribution in [-0.2, 0) is 0 Å². The molecule has 0 spiro atoms. The fourth-order valence-corrected chi connectivity index (χ4v) is 5.11. The van der Waals surface area contributed by atoms with Crippen molar-refractivity contribution < 1.29 is 90.1 Å². The predicted molar refractivity (Wildman–Crippen MR) is 138 cm³/mol. The molecule has 4 aromatic rings. The number of rotatable bonds is 5. The summed E-state index contributed by atoms with van der Waals surface area (Å²) >= 11 is 0. The SMILES string of the molecule is Cc1c(F)c(F)c(F)c(N2C(=O)c3c(F)c(F)c(Oc4c(F)c(F)c(Oc5c(F)c(F)c6c(c5F)C(=O)N(C)C6=O)c(F)c4F)c(F)c3C2=O)c1F. The van der Waals surface area contributed by atoms with Gasteiger partial charge in [0, 0.05) is 12.6 Å². The fraction of sp³-hybridized carbons (Fsp3) is 0.0667. The van der Waals surface area contributed by atoms with Crippen molar-refractivity contribution in [2.45, 2.75) is 6.92 Å². The summed E-state index contributed by atoms with van der Waals surface area (Å²) in [6.07, 6.45) is 0. The molecule has 6 rings (SSSR count). The van der Waals surface area contributed by atoms with Crippen LogP contribution in [0.4, 0.5) is 67.2 Å². The van der Waals surface area contributed by atoms with Crippen molar-refractivity contribution in [1.82, 2.24) is 4.90 Å². The predicted octanol–water partition coefficient (Wildman–Crippen LogP) is 7.55. The number of carbonyl (C=O) groups excluding carboxylic acids is 4. The molecule has 22 heteroatoms. The van der Waals surface area contributed by atoms with E-state index in [1.54, 1.807) is 0 Å². The van der Waals surface area contributed by atoms with Gasteiger partial charge in [0.15, 0.2) is 46.5 Å². The minimum Gasteiger partial charge on any atom is -0.445 e. The lowest BCUT2D eigenvalue weighted by molar-refractivity contribution is 0.0689. The van der Waals surface area contributed by atoms with Gasteiger partial charge in [-0.05, 0) is 6.92 Å². The van der Waals surface area contributed by atoms with Gasteiger partial charge in [-0.3, -0.25) is 24.1 Å². The second kappa shape index (κ2) is 11.7. The molecule has 0 bridgehead atoms. The Hall–Kier alpha value is -6.22. The van der Waals surface area contributed by atoms with Crippen LogP contribution in [0.2, 0.25) is 0 Å². The third-order valence-electron chi connectivity index (χ3n) is 7.71. The number of amides is 4. The molecule has 2 aliphatic heterocycles. The summed E-state index contributed by atoms with van der Waals surface area (Å²) in [7, 11) is 0.695. The first kappa shape index (κ1) is 35.6. The molecule has 0 aromatic heterocycles. The van der Waals surface area contributed by atoms with Crippen molar-refractivity contribution in [2.75, 3.05) is 11.9 Å². The van der Waals surface area contributed by atoms with Gasteiger partial charge in [-0.25, -0.2) is 40.0 Å². The van der Waals surface area contributed by atoms with Gasteiger partial charge in [-0.1, -0.05) is 0 Å². The molecule has 0 fully saturated rings. The number of halogens is 14. The van der Waals surface area contributed by atoms with Crippen molar-refractivity contribution >= 4 is 29.3 Å². The van der Waals surface area contributed by atoms with Crippen molar-refractivity contribution in [2.24, 2.45) is 0 Å². The number of hydrogen-bond acceptors (Lipinski definition) is 6. The number of hydrogen-bond donors (Lipinski definition) is 0. The van der Waals surface area contributed by atoms with Crippen molar-refractivity contribution in [3.8, 4) is 23.0 Å². The van der Waals surface area contributed by atoms with Gasteiger partial charge in [0.2, 0.25) is 57.9 Å². The van der Waals surface area contributed by atoms with Crippen LogP contribution in [-0.4, -0.2) is 35.6 Å². The van der Waals surface area contributed by atoms with E-state index in [0.29, 0.717) is 14.0 Å². The van der Waals surface area contributed by atoms with Crippen LogP contribution in [0.3, 0.4) is 0 Å². The van der Waals surface area contributed by atoms with Gasteiger partial charge < -0.3 is 9.47 Å². The molecule has 270 valence electrons. The Labute approximate surface area is 275 Å². The molecule has 8 nitrogen and oxygen atoms in total. The fourth-order valence-electron chi connectivity index (χ4n) is 5.11. The number of anilines is 1. The maximum Gasteiger partial charge on any atom is 0.269 e. The van der Waals surface area contributed by atoms with Crippen LogP contribution in [0.25, 0.3) is 0 Å². The standard InChI is InChI=1S/C30H6F14N2O6/c1-3-8(31)14(37)15(38)22(9(3)32)46-29(49)5-7(30(46)50)13(36)24(17(40)11(5)34)52-26-20(43)18(41)25(19(42)21(26)44)51-23-12(35)6-4(10(33)16(23)39)27(47)45(2)28(6)48/h1-2H3. The summed E-state index contributed by atoms with van der Waals surface area (Å²) in [6.45, 7) is 0.484. The maximum atomic E-state index is 15.5. The Balaban J connectivity index is 1.45. The first-order valence-corrected chi connectivity index (χ1v) is 13.3. The van der Waals surface area contributed by atoms with Crippen LogP contribution >= 0.6 is 0 Å². The van der Waals surface area contributed by atoms with Gasteiger partial charge in [0.05, 0.1) is 22.3 Å². The lowest BCUT2D eigenvalue weighted by atomic mass is 10.1. The largest absolute Gasteiger partial charge is 0.445 e. The van der Waals surface area contributed by atoms with Crippen LogP contribution < -0.4 is 14.4 Å². The molecule has 2 heterocycles. The highest BCUT2D eigenvalue weighted by Crippen LogP contribution is 2.45. The summed E-state index contributed by atoms with van der Waals surface area (Å²) in [4.78, 5) is 49.1. The Kier molecular flexibility index (Phi) is 7.99. The first-order valence-electron chi connectivity index (χ1n) is 13.3. The Bertz CT molecular complexity index is 2380. The van der Waals surface area contributed by atoms with Gasteiger partial charge in [0.25, 0.3) is 23.6 Å². The minimum atomic E-state index is -2.90. The third-order valence-corrected chi connectivity index (χ3v) is 7.71. The number of fused-ring (bicyclic) bond motifs is 2. The van der Waals surface area contributed by atoms with Crippen LogP contribution in [0, 0.1) is 88.4 Å². The van der Waals surface area contributed by atoms with E-state index < -0.39 is 166 Å². The summed E-state index contributed by atoms with van der Waals surface area (Å²) in [5, 5.41) is 0. The lowest BCUT2D eigenvalue weighted by Crippen LogP contribution is -2.32. The Morgan fingerprint density at radius 1 is 0.365 bits per heavy atom. The number of ether oxygens (including phenoxy) is 2. The molecule has 0 saturated heterocycles. The van der Waals surface area contributed by atoms with E-state index in [0.717, 1.165) is 0 Å². The molecule has 52 heavy (non-hydrogen) atoms. The maximum absolute atomic E-state index is 15.5. The topological polar surface area (TPSA) is 93.2 Å². The monoisotopic (exact) mass is 756 g/mol. The number of benzene rings is 4. The van der Waals surface area contributed by atoms with Crippen molar-refractivity contribution in [3.63, 3.8) is 0 Å². The molecule has 0 N–H and O–H groups in total. The first-order chi connectivity index (χ1) is 24.2. The molecule has 4 aromatic carbocycles. The van der Waals surface area contributed by atoms with E-state index in [-0.39, 0.29) is 4.90 Å². The average molecular weight is 756 g/mol. The van der Waals surface area contributed by atoms with Crippen LogP contribution in [0.1, 0.15) is 47.0 Å². The zero-order valence-electron chi connectivity index (χ0n) is 24.6. The van der Waals surface area contributed by atoms with Crippen LogP contribution in [0.5, 0.6) is 23.0 Å². The molecule has 0 radical (unpaired) electrons. The molecule has 4 amide bonds. The number of nitrogens with zero attached hydrogens (tertiary/aromatic N) is 2. The third kappa shape index (κ3) is 4.48. The Morgan fingerprint density at radius 3 is 1.08 bits per heavy atom. The molecule has 0 atom stereocenters. The summed E-state index contributed by atoms with van der Waals surface area (Å²) < 4.78 is 215. The molecule has 0 saturated carbocycles. The van der Waals surface area contributed by atoms with Crippen molar-refractivity contribution in [3.05, 3.63) is 109 Å². The van der Waals surface area contributed by atoms with Gasteiger partial charge in [-0.15, -0.1) is 0 Å². The molecule has 0 unspecified atom stereocenters. The molecular formula is C30H6F14N2O6. The van der Waals surface area contributed by atoms with Gasteiger partial charge in [0.1, 0.15) is 5.69 Å². The second-order valence-corrected chi connectivity index (χ2v) is 10.5. The zero-order valence-corrected chi connectivity index (χ0v) is 24.6. The highest BCUT2D eigenvalue weighted by molar-refractivity contribution is 6.35. The Morgan fingerprint density at radius 2 is 0.673 bits per heavy atom. The van der Waals surface area contributed by atoms with Gasteiger partial charge in [-0.2, -0.15) is 26.3 Å². The normalized spacial score (nSPS) is 13.8. The summed E-state index contributed by atoms with van der Waals surface area (Å²) in [6, 6.07) is 0. The molecular weight excluding hydrogens is 750 g/mol. The number of imide groups is 2. The highest BCUT2D eigenvalue weighted by atomic mass is 19.2.